The van der Waals surface area contributed by atoms with Gasteiger partial charge in [0.1, 0.15) is 11.3 Å². The second-order valence-corrected chi connectivity index (χ2v) is 5.65. The maximum atomic E-state index is 11.4. The molecule has 0 aliphatic heterocycles. The Morgan fingerprint density at radius 2 is 2.14 bits per heavy atom. The molecule has 114 valence electrons. The molecule has 1 N–H and O–H groups in total. The van der Waals surface area contributed by atoms with E-state index in [0.29, 0.717) is 5.52 Å². The average Bonchev–Trinajstić information content (AvgIpc) is 2.83. The van der Waals surface area contributed by atoms with Gasteiger partial charge in [0.2, 0.25) is 0 Å². The molecule has 0 atom stereocenters. The van der Waals surface area contributed by atoms with Crippen molar-refractivity contribution in [3.8, 4) is 0 Å². The van der Waals surface area contributed by atoms with Crippen molar-refractivity contribution < 1.29 is 9.90 Å². The SMILES string of the molecule is CCN(C)CCn1c(C(C)C)nc2c(C(=O)O)cccc21. The monoisotopic (exact) mass is 289 g/mol. The van der Waals surface area contributed by atoms with Crippen molar-refractivity contribution in [2.45, 2.75) is 33.2 Å². The number of fused-ring (bicyclic) bond motifs is 1. The highest BCUT2D eigenvalue weighted by atomic mass is 16.4. The highest BCUT2D eigenvalue weighted by molar-refractivity contribution is 6.01. The lowest BCUT2D eigenvalue weighted by Gasteiger charge is -2.17. The smallest absolute Gasteiger partial charge is 0.337 e. The largest absolute Gasteiger partial charge is 0.478 e. The maximum absolute atomic E-state index is 11.4. The fourth-order valence-electron chi connectivity index (χ4n) is 2.44. The molecule has 1 heterocycles. The summed E-state index contributed by atoms with van der Waals surface area (Å²) in [4.78, 5) is 18.2. The summed E-state index contributed by atoms with van der Waals surface area (Å²) in [6.07, 6.45) is 0. The normalized spacial score (nSPS) is 11.7. The summed E-state index contributed by atoms with van der Waals surface area (Å²) in [5.41, 5.74) is 1.77. The summed E-state index contributed by atoms with van der Waals surface area (Å²) in [7, 11) is 2.08. The fourth-order valence-corrected chi connectivity index (χ4v) is 2.44. The number of aromatic nitrogens is 2. The van der Waals surface area contributed by atoms with Gasteiger partial charge in [0.15, 0.2) is 0 Å². The first-order valence-corrected chi connectivity index (χ1v) is 7.36. The number of para-hydroxylation sites is 1. The topological polar surface area (TPSA) is 58.4 Å². The van der Waals surface area contributed by atoms with Gasteiger partial charge in [0, 0.05) is 19.0 Å². The van der Waals surface area contributed by atoms with E-state index in [1.165, 1.54) is 0 Å². The van der Waals surface area contributed by atoms with Gasteiger partial charge in [0.25, 0.3) is 0 Å². The van der Waals surface area contributed by atoms with Crippen LogP contribution in [0.15, 0.2) is 18.2 Å². The van der Waals surface area contributed by atoms with Crippen LogP contribution in [0.4, 0.5) is 0 Å². The lowest BCUT2D eigenvalue weighted by Crippen LogP contribution is -2.23. The summed E-state index contributed by atoms with van der Waals surface area (Å²) in [6, 6.07) is 5.36. The van der Waals surface area contributed by atoms with Gasteiger partial charge in [-0.15, -0.1) is 0 Å². The molecule has 0 saturated heterocycles. The minimum Gasteiger partial charge on any atom is -0.478 e. The number of likely N-dealkylation sites (N-methyl/N-ethyl adjacent to an activating group) is 1. The molecule has 0 radical (unpaired) electrons. The number of carboxylic acids is 1. The predicted molar refractivity (Wildman–Crippen MR) is 84.0 cm³/mol. The van der Waals surface area contributed by atoms with Crippen LogP contribution in [-0.4, -0.2) is 45.7 Å². The van der Waals surface area contributed by atoms with Crippen LogP contribution in [0.25, 0.3) is 11.0 Å². The third kappa shape index (κ3) is 3.08. The molecule has 0 unspecified atom stereocenters. The molecular formula is C16H23N3O2. The first-order chi connectivity index (χ1) is 9.95. The van der Waals surface area contributed by atoms with E-state index >= 15 is 0 Å². The Kier molecular flexibility index (Phi) is 4.63. The summed E-state index contributed by atoms with van der Waals surface area (Å²) in [6.45, 7) is 9.02. The zero-order valence-corrected chi connectivity index (χ0v) is 13.1. The molecule has 2 rings (SSSR count). The number of hydrogen-bond donors (Lipinski definition) is 1. The van der Waals surface area contributed by atoms with Gasteiger partial charge < -0.3 is 14.6 Å². The minimum absolute atomic E-state index is 0.256. The Bertz CT molecular complexity index is 646. The Morgan fingerprint density at radius 3 is 2.71 bits per heavy atom. The highest BCUT2D eigenvalue weighted by Gasteiger charge is 2.18. The Labute approximate surface area is 125 Å². The molecule has 1 aromatic heterocycles. The summed E-state index contributed by atoms with van der Waals surface area (Å²) in [5, 5.41) is 9.32. The van der Waals surface area contributed by atoms with Crippen LogP contribution in [0.1, 0.15) is 42.9 Å². The number of nitrogens with zero attached hydrogens (tertiary/aromatic N) is 3. The lowest BCUT2D eigenvalue weighted by molar-refractivity contribution is 0.0699. The molecule has 21 heavy (non-hydrogen) atoms. The predicted octanol–water partition coefficient (Wildman–Crippen LogP) is 2.81. The minimum atomic E-state index is -0.925. The van der Waals surface area contributed by atoms with Crippen molar-refractivity contribution in [2.24, 2.45) is 0 Å². The molecule has 0 aliphatic rings. The summed E-state index contributed by atoms with van der Waals surface area (Å²) >= 11 is 0. The van der Waals surface area contributed by atoms with Crippen molar-refractivity contribution in [1.82, 2.24) is 14.5 Å². The van der Waals surface area contributed by atoms with Gasteiger partial charge in [-0.25, -0.2) is 9.78 Å². The van der Waals surface area contributed by atoms with Crippen molar-refractivity contribution in [1.29, 1.82) is 0 Å². The number of carboxylic acid groups (broad SMARTS) is 1. The number of hydrogen-bond acceptors (Lipinski definition) is 3. The third-order valence-electron chi connectivity index (χ3n) is 3.80. The van der Waals surface area contributed by atoms with E-state index in [1.807, 2.05) is 6.07 Å². The molecule has 0 amide bonds. The molecule has 0 aliphatic carbocycles. The Morgan fingerprint density at radius 1 is 1.43 bits per heavy atom. The van der Waals surface area contributed by atoms with E-state index in [2.05, 4.69) is 42.3 Å². The zero-order chi connectivity index (χ0) is 15.6. The molecular weight excluding hydrogens is 266 g/mol. The van der Waals surface area contributed by atoms with E-state index in [1.54, 1.807) is 12.1 Å². The van der Waals surface area contributed by atoms with Crippen molar-refractivity contribution in [2.75, 3.05) is 20.1 Å². The summed E-state index contributed by atoms with van der Waals surface area (Å²) < 4.78 is 2.15. The van der Waals surface area contributed by atoms with Crippen LogP contribution in [-0.2, 0) is 6.54 Å². The lowest BCUT2D eigenvalue weighted by atomic mass is 10.2. The molecule has 5 nitrogen and oxygen atoms in total. The standard InChI is InChI=1S/C16H23N3O2/c1-5-18(4)9-10-19-13-8-6-7-12(16(20)21)14(13)17-15(19)11(2)3/h6-8,11H,5,9-10H2,1-4H3,(H,20,21). The molecule has 2 aromatic rings. The van der Waals surface area contributed by atoms with Crippen LogP contribution >= 0.6 is 0 Å². The second-order valence-electron chi connectivity index (χ2n) is 5.65. The molecule has 0 spiro atoms. The van der Waals surface area contributed by atoms with Crippen LogP contribution in [0.5, 0.6) is 0 Å². The number of benzene rings is 1. The van der Waals surface area contributed by atoms with Gasteiger partial charge in [-0.3, -0.25) is 0 Å². The van der Waals surface area contributed by atoms with Gasteiger partial charge >= 0.3 is 5.97 Å². The second kappa shape index (κ2) is 6.26. The van der Waals surface area contributed by atoms with E-state index < -0.39 is 5.97 Å². The quantitative estimate of drug-likeness (QED) is 0.888. The van der Waals surface area contributed by atoms with Gasteiger partial charge in [-0.2, -0.15) is 0 Å². The van der Waals surface area contributed by atoms with E-state index in [-0.39, 0.29) is 11.5 Å². The molecule has 0 fully saturated rings. The zero-order valence-electron chi connectivity index (χ0n) is 13.1. The van der Waals surface area contributed by atoms with Gasteiger partial charge in [0.05, 0.1) is 11.1 Å². The molecule has 5 heteroatoms. The highest BCUT2D eigenvalue weighted by Crippen LogP contribution is 2.24. The first kappa shape index (κ1) is 15.5. The van der Waals surface area contributed by atoms with Gasteiger partial charge in [-0.05, 0) is 25.7 Å². The Hall–Kier alpha value is -1.88. The number of imidazole rings is 1. The molecule has 0 bridgehead atoms. The molecule has 1 aromatic carbocycles. The van der Waals surface area contributed by atoms with Crippen LogP contribution in [0.3, 0.4) is 0 Å². The first-order valence-electron chi connectivity index (χ1n) is 7.36. The third-order valence-corrected chi connectivity index (χ3v) is 3.80. The van der Waals surface area contributed by atoms with Crippen LogP contribution in [0, 0.1) is 0 Å². The number of aromatic carboxylic acids is 1. The van der Waals surface area contributed by atoms with E-state index in [9.17, 15) is 9.90 Å². The average molecular weight is 289 g/mol. The van der Waals surface area contributed by atoms with E-state index in [0.717, 1.165) is 31.0 Å². The maximum Gasteiger partial charge on any atom is 0.337 e. The van der Waals surface area contributed by atoms with E-state index in [4.69, 9.17) is 0 Å². The van der Waals surface area contributed by atoms with Crippen molar-refractivity contribution in [3.05, 3.63) is 29.6 Å². The van der Waals surface area contributed by atoms with Crippen LogP contribution < -0.4 is 0 Å². The molecule has 0 saturated carbocycles. The van der Waals surface area contributed by atoms with Crippen LogP contribution in [0.2, 0.25) is 0 Å². The number of carbonyl (C=O) groups is 1. The van der Waals surface area contributed by atoms with Gasteiger partial charge in [-0.1, -0.05) is 26.8 Å². The fraction of sp³-hybridized carbons (Fsp3) is 0.500. The van der Waals surface area contributed by atoms with Crippen molar-refractivity contribution in [3.63, 3.8) is 0 Å². The summed E-state index contributed by atoms with van der Waals surface area (Å²) in [5.74, 6) is 0.278. The van der Waals surface area contributed by atoms with Crippen molar-refractivity contribution >= 4 is 17.0 Å². The Balaban J connectivity index is 2.53. The number of rotatable bonds is 6.